The van der Waals surface area contributed by atoms with Crippen molar-refractivity contribution in [3.8, 4) is 0 Å². The van der Waals surface area contributed by atoms with Crippen LogP contribution in [0.1, 0.15) is 22.7 Å². The van der Waals surface area contributed by atoms with E-state index in [4.69, 9.17) is 0 Å². The Morgan fingerprint density at radius 2 is 1.79 bits per heavy atom. The number of rotatable bonds is 6. The van der Waals surface area contributed by atoms with E-state index in [0.717, 1.165) is 25.1 Å². The van der Waals surface area contributed by atoms with Crippen molar-refractivity contribution >= 4 is 23.2 Å². The minimum absolute atomic E-state index is 0.0973. The molecule has 1 aromatic heterocycles. The molecule has 1 aliphatic rings. The molecule has 0 bridgehead atoms. The quantitative estimate of drug-likeness (QED) is 0.342. The highest BCUT2D eigenvalue weighted by Gasteiger charge is 2.26. The average Bonchev–Trinajstić information content (AvgIpc) is 2.85. The third kappa shape index (κ3) is 5.39. The van der Waals surface area contributed by atoms with Crippen molar-refractivity contribution < 1.29 is 14.5 Å². The van der Waals surface area contributed by atoms with Crippen LogP contribution >= 0.6 is 0 Å². The Bertz CT molecular complexity index is 1150. The van der Waals surface area contributed by atoms with Crippen molar-refractivity contribution in [3.05, 3.63) is 99.9 Å². The van der Waals surface area contributed by atoms with Gasteiger partial charge in [-0.05, 0) is 41.3 Å². The van der Waals surface area contributed by atoms with Crippen LogP contribution in [0.5, 0.6) is 0 Å². The number of non-ortho nitro benzene ring substituents is 1. The Kier molecular flexibility index (Phi) is 6.70. The second-order valence-corrected chi connectivity index (χ2v) is 7.76. The van der Waals surface area contributed by atoms with Gasteiger partial charge in [0, 0.05) is 49.8 Å². The number of anilines is 1. The first-order valence-corrected chi connectivity index (χ1v) is 10.6. The van der Waals surface area contributed by atoms with Gasteiger partial charge in [0.25, 0.3) is 5.69 Å². The fourth-order valence-electron chi connectivity index (χ4n) is 3.94. The summed E-state index contributed by atoms with van der Waals surface area (Å²) in [4.78, 5) is 41.5. The van der Waals surface area contributed by atoms with Crippen molar-refractivity contribution in [3.63, 3.8) is 0 Å². The molecule has 0 aliphatic carbocycles. The second-order valence-electron chi connectivity index (χ2n) is 7.76. The zero-order valence-electron chi connectivity index (χ0n) is 17.8. The Morgan fingerprint density at radius 3 is 2.48 bits per heavy atom. The van der Waals surface area contributed by atoms with Crippen molar-refractivity contribution in [1.82, 2.24) is 15.2 Å². The number of carbonyl (C=O) groups excluding carboxylic acids is 2. The van der Waals surface area contributed by atoms with Gasteiger partial charge >= 0.3 is 11.8 Å². The normalized spacial score (nSPS) is 14.1. The lowest BCUT2D eigenvalue weighted by atomic mass is 9.97. The number of hydrogen-bond acceptors (Lipinski definition) is 6. The van der Waals surface area contributed by atoms with Crippen LogP contribution in [-0.2, 0) is 22.6 Å². The molecule has 3 aromatic rings. The zero-order chi connectivity index (χ0) is 23.2. The summed E-state index contributed by atoms with van der Waals surface area (Å²) in [6.45, 7) is 1.79. The minimum Gasteiger partial charge on any atom is -0.346 e. The van der Waals surface area contributed by atoms with Crippen LogP contribution in [0.4, 0.5) is 11.4 Å². The molecule has 168 valence electrons. The summed E-state index contributed by atoms with van der Waals surface area (Å²) in [5.74, 6) is -1.61. The van der Waals surface area contributed by atoms with E-state index in [1.54, 1.807) is 12.4 Å². The molecule has 0 unspecified atom stereocenters. The van der Waals surface area contributed by atoms with Gasteiger partial charge in [-0.25, -0.2) is 0 Å². The number of benzene rings is 2. The van der Waals surface area contributed by atoms with Crippen LogP contribution in [-0.4, -0.2) is 39.7 Å². The highest BCUT2D eigenvalue weighted by Crippen LogP contribution is 2.27. The lowest BCUT2D eigenvalue weighted by Gasteiger charge is -2.35. The first-order chi connectivity index (χ1) is 16.0. The Morgan fingerprint density at radius 1 is 1.03 bits per heavy atom. The molecule has 9 heteroatoms. The van der Waals surface area contributed by atoms with E-state index in [1.165, 1.54) is 35.4 Å². The number of pyridine rings is 1. The molecule has 2 aromatic carbocycles. The van der Waals surface area contributed by atoms with Crippen LogP contribution in [0.2, 0.25) is 0 Å². The summed E-state index contributed by atoms with van der Waals surface area (Å²) in [7, 11) is 0. The number of aromatic nitrogens is 1. The van der Waals surface area contributed by atoms with E-state index in [-0.39, 0.29) is 18.3 Å². The molecule has 9 nitrogen and oxygen atoms in total. The van der Waals surface area contributed by atoms with E-state index in [0.29, 0.717) is 5.69 Å². The summed E-state index contributed by atoms with van der Waals surface area (Å²) < 4.78 is 0. The third-order valence-electron chi connectivity index (χ3n) is 5.67. The molecule has 1 atom stereocenters. The Labute approximate surface area is 190 Å². The average molecular weight is 445 g/mol. The van der Waals surface area contributed by atoms with Crippen LogP contribution < -0.4 is 10.6 Å². The van der Waals surface area contributed by atoms with E-state index >= 15 is 0 Å². The molecule has 0 saturated carbocycles. The van der Waals surface area contributed by atoms with Gasteiger partial charge in [-0.2, -0.15) is 0 Å². The maximum Gasteiger partial charge on any atom is 0.313 e. The molecule has 0 fully saturated rings. The predicted octanol–water partition coefficient (Wildman–Crippen LogP) is 2.84. The van der Waals surface area contributed by atoms with Gasteiger partial charge in [-0.15, -0.1) is 0 Å². The van der Waals surface area contributed by atoms with Gasteiger partial charge in [0.15, 0.2) is 0 Å². The fourth-order valence-corrected chi connectivity index (χ4v) is 3.94. The highest BCUT2D eigenvalue weighted by atomic mass is 16.6. The fraction of sp³-hybridized carbons (Fsp3) is 0.208. The number of amides is 2. The standard InChI is InChI=1S/C24H23N5O4/c30-23(24(31)27-20-7-9-21(10-8-20)29(32)33)26-15-22(18-6-3-12-25-14-18)28-13-11-17-4-1-2-5-19(17)16-28/h1-10,12,14,22H,11,13,15-16H2,(H,26,30)(H,27,31)/t22-/m1/s1. The zero-order valence-corrected chi connectivity index (χ0v) is 17.8. The SMILES string of the molecule is O=C(NC[C@H](c1cccnc1)N1CCc2ccccc2C1)C(=O)Nc1ccc([N+](=O)[O-])cc1. The molecule has 2 N–H and O–H groups in total. The molecule has 4 rings (SSSR count). The minimum atomic E-state index is -0.835. The first-order valence-electron chi connectivity index (χ1n) is 10.6. The maximum absolute atomic E-state index is 12.5. The first kappa shape index (κ1) is 22.1. The molecule has 1 aliphatic heterocycles. The number of nitrogens with zero attached hydrogens (tertiary/aromatic N) is 3. The van der Waals surface area contributed by atoms with Gasteiger partial charge in [-0.1, -0.05) is 30.3 Å². The summed E-state index contributed by atoms with van der Waals surface area (Å²) in [6, 6.07) is 17.3. The van der Waals surface area contributed by atoms with Crippen LogP contribution in [0.25, 0.3) is 0 Å². The molecule has 2 amide bonds. The maximum atomic E-state index is 12.5. The number of nitro groups is 1. The molecule has 0 saturated heterocycles. The van der Waals surface area contributed by atoms with E-state index in [1.807, 2.05) is 24.3 Å². The molecule has 33 heavy (non-hydrogen) atoms. The van der Waals surface area contributed by atoms with Crippen molar-refractivity contribution in [2.75, 3.05) is 18.4 Å². The molecular weight excluding hydrogens is 422 g/mol. The molecule has 2 heterocycles. The summed E-state index contributed by atoms with van der Waals surface area (Å²) >= 11 is 0. The number of hydrogen-bond donors (Lipinski definition) is 2. The highest BCUT2D eigenvalue weighted by molar-refractivity contribution is 6.39. The molecular formula is C24H23N5O4. The third-order valence-corrected chi connectivity index (χ3v) is 5.67. The van der Waals surface area contributed by atoms with Crippen LogP contribution in [0.3, 0.4) is 0 Å². The lowest BCUT2D eigenvalue weighted by Crippen LogP contribution is -2.43. The Hall–Kier alpha value is -4.11. The number of nitrogens with one attached hydrogen (secondary N) is 2. The van der Waals surface area contributed by atoms with Crippen molar-refractivity contribution in [2.45, 2.75) is 19.0 Å². The number of nitro benzene ring substituents is 1. The number of carbonyl (C=O) groups is 2. The summed E-state index contributed by atoms with van der Waals surface area (Å²) in [5.41, 5.74) is 3.73. The lowest BCUT2D eigenvalue weighted by molar-refractivity contribution is -0.384. The van der Waals surface area contributed by atoms with Crippen molar-refractivity contribution in [1.29, 1.82) is 0 Å². The summed E-state index contributed by atoms with van der Waals surface area (Å²) in [5, 5.41) is 15.9. The monoisotopic (exact) mass is 445 g/mol. The molecule has 0 radical (unpaired) electrons. The van der Waals surface area contributed by atoms with E-state index in [2.05, 4.69) is 32.7 Å². The van der Waals surface area contributed by atoms with E-state index < -0.39 is 16.7 Å². The summed E-state index contributed by atoms with van der Waals surface area (Å²) in [6.07, 6.45) is 4.37. The van der Waals surface area contributed by atoms with Gasteiger partial charge < -0.3 is 10.6 Å². The van der Waals surface area contributed by atoms with Crippen LogP contribution in [0.15, 0.2) is 73.1 Å². The Balaban J connectivity index is 1.42. The van der Waals surface area contributed by atoms with Gasteiger partial charge in [0.05, 0.1) is 11.0 Å². The second kappa shape index (κ2) is 10.0. The molecule has 0 spiro atoms. The van der Waals surface area contributed by atoms with Gasteiger partial charge in [-0.3, -0.25) is 29.6 Å². The largest absolute Gasteiger partial charge is 0.346 e. The topological polar surface area (TPSA) is 117 Å². The van der Waals surface area contributed by atoms with E-state index in [9.17, 15) is 19.7 Å². The smallest absolute Gasteiger partial charge is 0.313 e. The predicted molar refractivity (Wildman–Crippen MR) is 122 cm³/mol. The number of fused-ring (bicyclic) bond motifs is 1. The van der Waals surface area contributed by atoms with Crippen molar-refractivity contribution in [2.24, 2.45) is 0 Å². The van der Waals surface area contributed by atoms with Gasteiger partial charge in [0.2, 0.25) is 0 Å². The van der Waals surface area contributed by atoms with Crippen LogP contribution in [0, 0.1) is 10.1 Å². The van der Waals surface area contributed by atoms with Gasteiger partial charge in [0.1, 0.15) is 0 Å².